The number of aliphatic carboxylic acids is 1. The number of rotatable bonds is 1. The highest BCUT2D eigenvalue weighted by Gasteiger charge is 2.11. The molecule has 0 amide bonds. The number of carbonyl (C=O) groups is 1. The topological polar surface area (TPSA) is 57.5 Å². The summed E-state index contributed by atoms with van der Waals surface area (Å²) >= 11 is 0. The van der Waals surface area contributed by atoms with Crippen molar-refractivity contribution in [1.82, 2.24) is 0 Å². The van der Waals surface area contributed by atoms with Gasteiger partial charge in [0.1, 0.15) is 0 Å². The second kappa shape index (κ2) is 2.56. The van der Waals surface area contributed by atoms with E-state index in [1.807, 2.05) is 0 Å². The molecule has 0 fully saturated rings. The Morgan fingerprint density at radius 1 is 1.50 bits per heavy atom. The van der Waals surface area contributed by atoms with Crippen LogP contribution >= 0.6 is 0 Å². The van der Waals surface area contributed by atoms with E-state index >= 15 is 0 Å². The van der Waals surface area contributed by atoms with Crippen LogP contribution in [-0.4, -0.2) is 16.2 Å². The molecule has 0 atom stereocenters. The third kappa shape index (κ3) is 1.37. The van der Waals surface area contributed by atoms with Gasteiger partial charge in [-0.2, -0.15) is 0 Å². The first kappa shape index (κ1) is 6.86. The molecule has 0 saturated heterocycles. The lowest BCUT2D eigenvalue weighted by Crippen LogP contribution is -2.04. The van der Waals surface area contributed by atoms with Crippen LogP contribution in [0.5, 0.6) is 0 Å². The lowest BCUT2D eigenvalue weighted by atomic mass is 10.1. The van der Waals surface area contributed by atoms with Gasteiger partial charge in [0.15, 0.2) is 0 Å². The first-order chi connectivity index (χ1) is 4.70. The minimum atomic E-state index is -0.945. The molecule has 1 rings (SSSR count). The highest BCUT2D eigenvalue weighted by Crippen LogP contribution is 2.15. The summed E-state index contributed by atoms with van der Waals surface area (Å²) in [7, 11) is 0. The quantitative estimate of drug-likeness (QED) is 0.576. The molecule has 3 heteroatoms. The lowest BCUT2D eigenvalue weighted by Gasteiger charge is -2.05. The molecule has 0 bridgehead atoms. The molecule has 2 N–H and O–H groups in total. The zero-order valence-corrected chi connectivity index (χ0v) is 5.37. The maximum atomic E-state index is 10.3. The zero-order chi connectivity index (χ0) is 7.56. The maximum Gasteiger partial charge on any atom is 0.331 e. The standard InChI is InChI=1S/C7H8O3/c8-6-3-1-2-5(4-6)7(9)10/h2-3,8H,1,4H2,(H,9,10). The third-order valence-electron chi connectivity index (χ3n) is 1.36. The van der Waals surface area contributed by atoms with E-state index in [1.165, 1.54) is 0 Å². The van der Waals surface area contributed by atoms with E-state index in [4.69, 9.17) is 10.2 Å². The van der Waals surface area contributed by atoms with Crippen molar-refractivity contribution >= 4 is 5.97 Å². The molecular formula is C7H8O3. The number of hydrogen-bond acceptors (Lipinski definition) is 2. The summed E-state index contributed by atoms with van der Waals surface area (Å²) in [5, 5.41) is 17.3. The van der Waals surface area contributed by atoms with Gasteiger partial charge in [-0.25, -0.2) is 4.79 Å². The molecule has 3 nitrogen and oxygen atoms in total. The Hall–Kier alpha value is -1.25. The van der Waals surface area contributed by atoms with Gasteiger partial charge in [0, 0.05) is 12.0 Å². The SMILES string of the molecule is O=C(O)C1=CCC=C(O)C1. The monoisotopic (exact) mass is 140 g/mol. The van der Waals surface area contributed by atoms with Gasteiger partial charge < -0.3 is 10.2 Å². The van der Waals surface area contributed by atoms with Crippen molar-refractivity contribution in [2.45, 2.75) is 12.8 Å². The van der Waals surface area contributed by atoms with Crippen molar-refractivity contribution in [2.75, 3.05) is 0 Å². The Balaban J connectivity index is 2.66. The fourth-order valence-corrected chi connectivity index (χ4v) is 0.840. The molecular weight excluding hydrogens is 132 g/mol. The van der Waals surface area contributed by atoms with E-state index in [0.717, 1.165) is 0 Å². The van der Waals surface area contributed by atoms with Crippen molar-refractivity contribution < 1.29 is 15.0 Å². The van der Waals surface area contributed by atoms with Gasteiger partial charge >= 0.3 is 5.97 Å². The smallest absolute Gasteiger partial charge is 0.331 e. The van der Waals surface area contributed by atoms with E-state index in [2.05, 4.69) is 0 Å². The van der Waals surface area contributed by atoms with Crippen LogP contribution in [0.2, 0.25) is 0 Å². The van der Waals surface area contributed by atoms with E-state index in [0.29, 0.717) is 6.42 Å². The Labute approximate surface area is 58.3 Å². The summed E-state index contributed by atoms with van der Waals surface area (Å²) in [5.41, 5.74) is 0.278. The minimum absolute atomic E-state index is 0.153. The van der Waals surface area contributed by atoms with Gasteiger partial charge in [0.2, 0.25) is 0 Å². The normalized spacial score (nSPS) is 17.6. The van der Waals surface area contributed by atoms with Gasteiger partial charge in [0.25, 0.3) is 0 Å². The number of carboxylic acids is 1. The fraction of sp³-hybridized carbons (Fsp3) is 0.286. The third-order valence-corrected chi connectivity index (χ3v) is 1.36. The molecule has 0 aromatic heterocycles. The summed E-state index contributed by atoms with van der Waals surface area (Å²) in [6.45, 7) is 0. The molecule has 0 saturated carbocycles. The Bertz CT molecular complexity index is 213. The van der Waals surface area contributed by atoms with E-state index in [1.54, 1.807) is 12.2 Å². The van der Waals surface area contributed by atoms with Crippen LogP contribution < -0.4 is 0 Å². The molecule has 1 aliphatic rings. The fourth-order valence-electron chi connectivity index (χ4n) is 0.840. The molecule has 0 aliphatic heterocycles. The number of aliphatic hydroxyl groups excluding tert-OH is 1. The zero-order valence-electron chi connectivity index (χ0n) is 5.37. The summed E-state index contributed by atoms with van der Waals surface area (Å²) < 4.78 is 0. The van der Waals surface area contributed by atoms with E-state index in [9.17, 15) is 4.79 Å². The number of allylic oxidation sites excluding steroid dienone is 3. The largest absolute Gasteiger partial charge is 0.512 e. The Kier molecular flexibility index (Phi) is 1.76. The molecule has 1 aliphatic carbocycles. The van der Waals surface area contributed by atoms with Gasteiger partial charge in [0.05, 0.1) is 5.76 Å². The van der Waals surface area contributed by atoms with Crippen LogP contribution in [0.4, 0.5) is 0 Å². The highest BCUT2D eigenvalue weighted by atomic mass is 16.4. The van der Waals surface area contributed by atoms with Crippen molar-refractivity contribution in [3.05, 3.63) is 23.5 Å². The molecule has 0 aromatic carbocycles. The average Bonchev–Trinajstić information content (AvgIpc) is 1.88. The molecule has 0 unspecified atom stereocenters. The van der Waals surface area contributed by atoms with Crippen molar-refractivity contribution in [2.24, 2.45) is 0 Å². The maximum absolute atomic E-state index is 10.3. The molecule has 54 valence electrons. The predicted molar refractivity (Wildman–Crippen MR) is 35.7 cm³/mol. The Morgan fingerprint density at radius 3 is 2.60 bits per heavy atom. The summed E-state index contributed by atoms with van der Waals surface area (Å²) in [6, 6.07) is 0. The van der Waals surface area contributed by atoms with Gasteiger partial charge in [-0.05, 0) is 12.5 Å². The van der Waals surface area contributed by atoms with Gasteiger partial charge in [-0.15, -0.1) is 0 Å². The number of carboxylic acid groups (broad SMARTS) is 1. The van der Waals surface area contributed by atoms with Crippen LogP contribution in [0.1, 0.15) is 12.8 Å². The second-order valence-electron chi connectivity index (χ2n) is 2.14. The van der Waals surface area contributed by atoms with Crippen LogP contribution in [0.25, 0.3) is 0 Å². The minimum Gasteiger partial charge on any atom is -0.512 e. The summed E-state index contributed by atoms with van der Waals surface area (Å²) in [6.07, 6.45) is 3.89. The van der Waals surface area contributed by atoms with Crippen molar-refractivity contribution in [3.8, 4) is 0 Å². The lowest BCUT2D eigenvalue weighted by molar-refractivity contribution is -0.132. The molecule has 0 radical (unpaired) electrons. The summed E-state index contributed by atoms with van der Waals surface area (Å²) in [4.78, 5) is 10.3. The molecule has 10 heavy (non-hydrogen) atoms. The van der Waals surface area contributed by atoms with Crippen molar-refractivity contribution in [3.63, 3.8) is 0 Å². The average molecular weight is 140 g/mol. The van der Waals surface area contributed by atoms with Gasteiger partial charge in [-0.3, -0.25) is 0 Å². The van der Waals surface area contributed by atoms with Crippen LogP contribution in [0.3, 0.4) is 0 Å². The molecule has 0 heterocycles. The van der Waals surface area contributed by atoms with E-state index < -0.39 is 5.97 Å². The van der Waals surface area contributed by atoms with Crippen LogP contribution in [-0.2, 0) is 4.79 Å². The van der Waals surface area contributed by atoms with E-state index in [-0.39, 0.29) is 17.8 Å². The van der Waals surface area contributed by atoms with Crippen molar-refractivity contribution in [1.29, 1.82) is 0 Å². The molecule has 0 aromatic rings. The van der Waals surface area contributed by atoms with Crippen LogP contribution in [0.15, 0.2) is 23.5 Å². The predicted octanol–water partition coefficient (Wildman–Crippen LogP) is 1.23. The Morgan fingerprint density at radius 2 is 2.20 bits per heavy atom. The number of aliphatic hydroxyl groups is 1. The molecule has 0 spiro atoms. The van der Waals surface area contributed by atoms with Crippen LogP contribution in [0, 0.1) is 0 Å². The summed E-state index contributed by atoms with van der Waals surface area (Å²) in [5.74, 6) is -0.792. The second-order valence-corrected chi connectivity index (χ2v) is 2.14. The number of hydrogen-bond donors (Lipinski definition) is 2. The highest BCUT2D eigenvalue weighted by molar-refractivity contribution is 5.87. The first-order valence-electron chi connectivity index (χ1n) is 3.00. The first-order valence-corrected chi connectivity index (χ1v) is 3.00. The van der Waals surface area contributed by atoms with Gasteiger partial charge in [-0.1, -0.05) is 6.08 Å².